The molecule has 64 valence electrons. The van der Waals surface area contributed by atoms with Gasteiger partial charge in [0.15, 0.2) is 0 Å². The van der Waals surface area contributed by atoms with E-state index in [-0.39, 0.29) is 0 Å². The van der Waals surface area contributed by atoms with Gasteiger partial charge in [0.25, 0.3) is 0 Å². The Hall–Kier alpha value is 0.0300. The third-order valence-electron chi connectivity index (χ3n) is 2.35. The van der Waals surface area contributed by atoms with E-state index in [1.165, 1.54) is 25.7 Å². The Morgan fingerprint density at radius 2 is 2.45 bits per heavy atom. The predicted octanol–water partition coefficient (Wildman–Crippen LogP) is 3.75. The van der Waals surface area contributed by atoms with Gasteiger partial charge in [-0.1, -0.05) is 25.0 Å². The monoisotopic (exact) mass is 172 g/mol. The molecule has 1 saturated carbocycles. The van der Waals surface area contributed by atoms with Crippen molar-refractivity contribution in [2.45, 2.75) is 39.0 Å². The average Bonchev–Trinajstić information content (AvgIpc) is 2.01. The van der Waals surface area contributed by atoms with Gasteiger partial charge < -0.3 is 0 Å². The van der Waals surface area contributed by atoms with Gasteiger partial charge in [0.2, 0.25) is 0 Å². The molecule has 1 aliphatic carbocycles. The summed E-state index contributed by atoms with van der Waals surface area (Å²) in [4.78, 5) is 0. The lowest BCUT2D eigenvalue weighted by Gasteiger charge is -2.20. The van der Waals surface area contributed by atoms with Crippen LogP contribution in [0.25, 0.3) is 0 Å². The molecule has 1 heteroatoms. The second-order valence-corrected chi connectivity index (χ2v) is 3.92. The summed E-state index contributed by atoms with van der Waals surface area (Å²) in [5.41, 5.74) is 1.64. The minimum Gasteiger partial charge on any atom is -0.126 e. The van der Waals surface area contributed by atoms with Crippen LogP contribution in [0, 0.1) is 5.92 Å². The molecular formula is C10H17Cl. The Morgan fingerprint density at radius 1 is 1.64 bits per heavy atom. The maximum atomic E-state index is 5.61. The lowest BCUT2D eigenvalue weighted by molar-refractivity contribution is 0.452. The van der Waals surface area contributed by atoms with Crippen molar-refractivity contribution in [3.05, 3.63) is 11.6 Å². The molecule has 1 aliphatic rings. The van der Waals surface area contributed by atoms with Crippen molar-refractivity contribution in [2.24, 2.45) is 5.92 Å². The molecular weight excluding hydrogens is 156 g/mol. The smallest absolute Gasteiger partial charge is 0.0258 e. The highest BCUT2D eigenvalue weighted by atomic mass is 35.5. The van der Waals surface area contributed by atoms with Crippen molar-refractivity contribution < 1.29 is 0 Å². The summed E-state index contributed by atoms with van der Waals surface area (Å²) in [7, 11) is 0. The van der Waals surface area contributed by atoms with Crippen LogP contribution in [0.3, 0.4) is 0 Å². The molecule has 1 unspecified atom stereocenters. The lowest BCUT2D eigenvalue weighted by atomic mass is 9.86. The van der Waals surface area contributed by atoms with Crippen LogP contribution in [0.2, 0.25) is 0 Å². The molecule has 0 nitrogen and oxygen atoms in total. The predicted molar refractivity (Wildman–Crippen MR) is 51.1 cm³/mol. The number of rotatable bonds is 2. The highest BCUT2D eigenvalue weighted by Crippen LogP contribution is 2.27. The van der Waals surface area contributed by atoms with Crippen LogP contribution in [-0.2, 0) is 0 Å². The van der Waals surface area contributed by atoms with Gasteiger partial charge in [-0.25, -0.2) is 0 Å². The van der Waals surface area contributed by atoms with E-state index in [2.05, 4.69) is 13.0 Å². The van der Waals surface area contributed by atoms with Crippen LogP contribution in [0.15, 0.2) is 11.6 Å². The van der Waals surface area contributed by atoms with Crippen LogP contribution >= 0.6 is 11.6 Å². The first-order chi connectivity index (χ1) is 5.33. The van der Waals surface area contributed by atoms with Crippen LogP contribution in [0.1, 0.15) is 39.0 Å². The maximum absolute atomic E-state index is 5.61. The van der Waals surface area contributed by atoms with E-state index < -0.39 is 0 Å². The molecule has 0 aromatic rings. The van der Waals surface area contributed by atoms with Gasteiger partial charge >= 0.3 is 0 Å². The normalized spacial score (nSPS) is 29.3. The summed E-state index contributed by atoms with van der Waals surface area (Å²) in [5.74, 6) is 1.68. The Morgan fingerprint density at radius 3 is 3.09 bits per heavy atom. The van der Waals surface area contributed by atoms with Gasteiger partial charge in [-0.3, -0.25) is 0 Å². The van der Waals surface area contributed by atoms with Gasteiger partial charge in [-0.2, -0.15) is 0 Å². The van der Waals surface area contributed by atoms with Gasteiger partial charge in [0, 0.05) is 5.88 Å². The average molecular weight is 173 g/mol. The zero-order chi connectivity index (χ0) is 8.10. The Balaban J connectivity index is 2.32. The summed E-state index contributed by atoms with van der Waals surface area (Å²) < 4.78 is 0. The van der Waals surface area contributed by atoms with Crippen molar-refractivity contribution in [2.75, 3.05) is 5.88 Å². The molecule has 0 amide bonds. The van der Waals surface area contributed by atoms with E-state index in [1.807, 2.05) is 0 Å². The fraction of sp³-hybridized carbons (Fsp3) is 0.800. The largest absolute Gasteiger partial charge is 0.126 e. The quantitative estimate of drug-likeness (QED) is 0.440. The van der Waals surface area contributed by atoms with Gasteiger partial charge in [-0.15, -0.1) is 11.6 Å². The van der Waals surface area contributed by atoms with E-state index in [1.54, 1.807) is 5.57 Å². The van der Waals surface area contributed by atoms with Crippen LogP contribution in [-0.4, -0.2) is 5.88 Å². The van der Waals surface area contributed by atoms with E-state index in [9.17, 15) is 0 Å². The first kappa shape index (κ1) is 9.12. The van der Waals surface area contributed by atoms with Crippen LogP contribution < -0.4 is 0 Å². The molecule has 11 heavy (non-hydrogen) atoms. The third kappa shape index (κ3) is 3.29. The molecule has 0 saturated heterocycles. The maximum Gasteiger partial charge on any atom is 0.0258 e. The first-order valence-electron chi connectivity index (χ1n) is 4.57. The molecule has 0 aromatic carbocycles. The molecule has 0 bridgehead atoms. The Bertz CT molecular complexity index is 138. The molecule has 0 N–H and O–H groups in total. The Labute approximate surface area is 74.6 Å². The molecule has 0 radical (unpaired) electrons. The van der Waals surface area contributed by atoms with Crippen molar-refractivity contribution in [3.8, 4) is 0 Å². The number of halogens is 1. The standard InChI is InChI=1S/C10H17Cl/c1-9-4-2-5-10(8-9)6-3-7-11/h6,9H,2-5,7-8H2,1H3/b10-6-. The summed E-state index contributed by atoms with van der Waals surface area (Å²) in [6.45, 7) is 2.34. The van der Waals surface area contributed by atoms with E-state index in [0.717, 1.165) is 18.2 Å². The topological polar surface area (TPSA) is 0 Å². The number of alkyl halides is 1. The second-order valence-electron chi connectivity index (χ2n) is 3.54. The van der Waals surface area contributed by atoms with Crippen molar-refractivity contribution >= 4 is 11.6 Å². The summed E-state index contributed by atoms with van der Waals surface area (Å²) >= 11 is 5.61. The summed E-state index contributed by atoms with van der Waals surface area (Å²) in [6.07, 6.45) is 8.83. The van der Waals surface area contributed by atoms with Crippen LogP contribution in [0.5, 0.6) is 0 Å². The van der Waals surface area contributed by atoms with E-state index in [0.29, 0.717) is 0 Å². The lowest BCUT2D eigenvalue weighted by Crippen LogP contribution is -2.04. The summed E-state index contributed by atoms with van der Waals surface area (Å²) in [5, 5.41) is 0. The van der Waals surface area contributed by atoms with Gasteiger partial charge in [0.05, 0.1) is 0 Å². The first-order valence-corrected chi connectivity index (χ1v) is 5.10. The Kier molecular flexibility index (Phi) is 3.99. The fourth-order valence-electron chi connectivity index (χ4n) is 1.77. The summed E-state index contributed by atoms with van der Waals surface area (Å²) in [6, 6.07) is 0. The zero-order valence-corrected chi connectivity index (χ0v) is 8.03. The van der Waals surface area contributed by atoms with Crippen LogP contribution in [0.4, 0.5) is 0 Å². The molecule has 0 aliphatic heterocycles. The number of hydrogen-bond acceptors (Lipinski definition) is 0. The number of allylic oxidation sites excluding steroid dienone is 2. The number of hydrogen-bond donors (Lipinski definition) is 0. The molecule has 0 spiro atoms. The van der Waals surface area contributed by atoms with E-state index >= 15 is 0 Å². The minimum atomic E-state index is 0.776. The molecule has 0 heterocycles. The minimum absolute atomic E-state index is 0.776. The van der Waals surface area contributed by atoms with Crippen molar-refractivity contribution in [3.63, 3.8) is 0 Å². The third-order valence-corrected chi connectivity index (χ3v) is 2.57. The molecule has 1 rings (SSSR count). The molecule has 0 aromatic heterocycles. The fourth-order valence-corrected chi connectivity index (χ4v) is 1.88. The highest BCUT2D eigenvalue weighted by molar-refractivity contribution is 6.17. The molecule has 1 atom stereocenters. The second kappa shape index (κ2) is 4.82. The zero-order valence-electron chi connectivity index (χ0n) is 7.28. The van der Waals surface area contributed by atoms with Crippen molar-refractivity contribution in [1.29, 1.82) is 0 Å². The highest BCUT2D eigenvalue weighted by Gasteiger charge is 2.11. The van der Waals surface area contributed by atoms with Gasteiger partial charge in [-0.05, 0) is 31.6 Å². The van der Waals surface area contributed by atoms with Crippen molar-refractivity contribution in [1.82, 2.24) is 0 Å². The van der Waals surface area contributed by atoms with Gasteiger partial charge in [0.1, 0.15) is 0 Å². The van der Waals surface area contributed by atoms with E-state index in [4.69, 9.17) is 11.6 Å². The SMILES string of the molecule is CC1CCC/C(=C/CCCl)C1. The molecule has 1 fully saturated rings.